The standard InChI is InChI=1S/C36H39NO3/c1-10-29(38)33(39)40-13-11-12-22-18-27-32-28(19-22)36(8,9)26-17-21(3)15-24-31(26)37(32)30-23(34(24,4)5)14-20(2)16-25(30)35(27,6)7/h10,14-19H,1,11-13H2,2-9H3. The first-order valence-electron chi connectivity index (χ1n) is 14.3. The number of nitrogens with zero attached hydrogens (tertiary/aromatic N) is 1. The lowest BCUT2D eigenvalue weighted by atomic mass is 9.60. The monoisotopic (exact) mass is 533 g/mol. The predicted molar refractivity (Wildman–Crippen MR) is 161 cm³/mol. The van der Waals surface area contributed by atoms with Gasteiger partial charge >= 0.3 is 5.97 Å². The number of hydrogen-bond acceptors (Lipinski definition) is 4. The molecule has 0 saturated heterocycles. The van der Waals surface area contributed by atoms with Crippen LogP contribution in [0.25, 0.3) is 0 Å². The van der Waals surface area contributed by atoms with Crippen molar-refractivity contribution >= 4 is 28.8 Å². The molecule has 0 amide bonds. The Kier molecular flexibility index (Phi) is 5.59. The van der Waals surface area contributed by atoms with Crippen LogP contribution in [0.2, 0.25) is 0 Å². The molecule has 0 N–H and O–H groups in total. The molecule has 3 aromatic rings. The predicted octanol–water partition coefficient (Wildman–Crippen LogP) is 7.92. The highest BCUT2D eigenvalue weighted by molar-refractivity contribution is 6.38. The second kappa shape index (κ2) is 8.42. The van der Waals surface area contributed by atoms with Crippen LogP contribution in [0.5, 0.6) is 0 Å². The third kappa shape index (κ3) is 3.44. The smallest absolute Gasteiger partial charge is 0.378 e. The molecule has 0 bridgehead atoms. The van der Waals surface area contributed by atoms with E-state index in [0.29, 0.717) is 6.42 Å². The van der Waals surface area contributed by atoms with Crippen molar-refractivity contribution in [3.05, 3.63) is 99.1 Å². The molecular formula is C36H39NO3. The van der Waals surface area contributed by atoms with Gasteiger partial charge in [0.2, 0.25) is 0 Å². The van der Waals surface area contributed by atoms with Crippen molar-refractivity contribution < 1.29 is 14.3 Å². The van der Waals surface area contributed by atoms with Crippen LogP contribution >= 0.6 is 0 Å². The second-order valence-corrected chi connectivity index (χ2v) is 13.5. The van der Waals surface area contributed by atoms with Gasteiger partial charge in [-0.3, -0.25) is 4.79 Å². The molecule has 0 spiro atoms. The summed E-state index contributed by atoms with van der Waals surface area (Å²) in [6, 6.07) is 14.3. The summed E-state index contributed by atoms with van der Waals surface area (Å²) < 4.78 is 5.19. The van der Waals surface area contributed by atoms with Gasteiger partial charge in [-0.15, -0.1) is 0 Å². The molecule has 0 fully saturated rings. The lowest BCUT2D eigenvalue weighted by Crippen LogP contribution is -2.44. The van der Waals surface area contributed by atoms with Crippen molar-refractivity contribution in [2.75, 3.05) is 11.5 Å². The van der Waals surface area contributed by atoms with E-state index >= 15 is 0 Å². The molecule has 6 rings (SSSR count). The van der Waals surface area contributed by atoms with E-state index in [2.05, 4.69) is 103 Å². The van der Waals surface area contributed by atoms with Crippen LogP contribution in [0.4, 0.5) is 17.1 Å². The number of carbonyl (C=O) groups excluding carboxylic acids is 2. The maximum atomic E-state index is 11.8. The van der Waals surface area contributed by atoms with Crippen molar-refractivity contribution in [2.45, 2.75) is 84.5 Å². The quantitative estimate of drug-likeness (QED) is 0.140. The summed E-state index contributed by atoms with van der Waals surface area (Å²) >= 11 is 0. The number of ether oxygens (including phenoxy) is 1. The molecule has 0 radical (unpaired) electrons. The third-order valence-electron chi connectivity index (χ3n) is 9.62. The van der Waals surface area contributed by atoms with Gasteiger partial charge in [0.05, 0.1) is 23.7 Å². The Hall–Kier alpha value is -3.66. The van der Waals surface area contributed by atoms with E-state index in [-0.39, 0.29) is 22.9 Å². The number of benzene rings is 3. The first-order valence-corrected chi connectivity index (χ1v) is 14.3. The van der Waals surface area contributed by atoms with E-state index in [0.717, 1.165) is 12.5 Å². The highest BCUT2D eigenvalue weighted by atomic mass is 16.5. The van der Waals surface area contributed by atoms with Gasteiger partial charge in [-0.1, -0.05) is 95.6 Å². The summed E-state index contributed by atoms with van der Waals surface area (Å²) in [7, 11) is 0. The molecule has 4 heteroatoms. The van der Waals surface area contributed by atoms with Gasteiger partial charge < -0.3 is 9.64 Å². The summed E-state index contributed by atoms with van der Waals surface area (Å²) in [4.78, 5) is 25.9. The fourth-order valence-electron chi connectivity index (χ4n) is 7.34. The van der Waals surface area contributed by atoms with E-state index in [1.54, 1.807) is 0 Å². The van der Waals surface area contributed by atoms with E-state index in [1.165, 1.54) is 67.1 Å². The van der Waals surface area contributed by atoms with Gasteiger partial charge in [0.15, 0.2) is 0 Å². The molecule has 3 aliphatic heterocycles. The van der Waals surface area contributed by atoms with E-state index in [1.807, 2.05) is 0 Å². The molecular weight excluding hydrogens is 494 g/mol. The molecule has 3 aromatic carbocycles. The minimum atomic E-state index is -0.837. The number of rotatable bonds is 6. The summed E-state index contributed by atoms with van der Waals surface area (Å²) in [5.74, 6) is -1.54. The number of anilines is 3. The minimum Gasteiger partial charge on any atom is -0.460 e. The third-order valence-corrected chi connectivity index (χ3v) is 9.62. The number of ketones is 1. The van der Waals surface area contributed by atoms with Crippen LogP contribution in [-0.2, 0) is 37.0 Å². The fraction of sp³-hybridized carbons (Fsp3) is 0.389. The van der Waals surface area contributed by atoms with Gasteiger partial charge in [-0.25, -0.2) is 4.79 Å². The minimum absolute atomic E-state index is 0.117. The number of aryl methyl sites for hydroxylation is 3. The Labute approximate surface area is 238 Å². The zero-order valence-electron chi connectivity index (χ0n) is 25.0. The largest absolute Gasteiger partial charge is 0.460 e. The van der Waals surface area contributed by atoms with Crippen molar-refractivity contribution in [1.29, 1.82) is 0 Å². The molecule has 40 heavy (non-hydrogen) atoms. The Morgan fingerprint density at radius 2 is 1.10 bits per heavy atom. The topological polar surface area (TPSA) is 46.6 Å². The Bertz CT molecular complexity index is 1560. The van der Waals surface area contributed by atoms with E-state index < -0.39 is 11.8 Å². The van der Waals surface area contributed by atoms with Crippen LogP contribution in [0.15, 0.2) is 49.1 Å². The van der Waals surface area contributed by atoms with Gasteiger partial charge in [-0.05, 0) is 71.7 Å². The molecule has 4 nitrogen and oxygen atoms in total. The Morgan fingerprint density at radius 3 is 1.48 bits per heavy atom. The van der Waals surface area contributed by atoms with Gasteiger partial charge in [0.1, 0.15) is 0 Å². The summed E-state index contributed by atoms with van der Waals surface area (Å²) in [6.07, 6.45) is 2.40. The summed E-state index contributed by atoms with van der Waals surface area (Å²) in [5, 5.41) is 0. The SMILES string of the molecule is C=CC(=O)C(=O)OCCCc1cc2c3c(c1)C(C)(C)c1cc(C)cc4c1N3c1c(cc(C)cc1C2(C)C)C4(C)C. The van der Waals surface area contributed by atoms with Crippen LogP contribution < -0.4 is 4.90 Å². The molecule has 0 aromatic heterocycles. The van der Waals surface area contributed by atoms with Crippen LogP contribution in [0.3, 0.4) is 0 Å². The first kappa shape index (κ1) is 26.6. The zero-order valence-corrected chi connectivity index (χ0v) is 25.0. The molecule has 3 heterocycles. The maximum absolute atomic E-state index is 11.8. The molecule has 0 atom stereocenters. The van der Waals surface area contributed by atoms with E-state index in [9.17, 15) is 9.59 Å². The first-order chi connectivity index (χ1) is 18.7. The second-order valence-electron chi connectivity index (χ2n) is 13.5. The lowest BCUT2D eigenvalue weighted by molar-refractivity contribution is -0.151. The molecule has 206 valence electrons. The fourth-order valence-corrected chi connectivity index (χ4v) is 7.34. The zero-order chi connectivity index (χ0) is 28.9. The number of hydrogen-bond donors (Lipinski definition) is 0. The normalized spacial score (nSPS) is 17.6. The highest BCUT2D eigenvalue weighted by Crippen LogP contribution is 2.66. The molecule has 0 aliphatic carbocycles. The Morgan fingerprint density at radius 1 is 0.725 bits per heavy atom. The average Bonchev–Trinajstić information content (AvgIpc) is 2.89. The Balaban J connectivity index is 1.56. The molecule has 0 saturated carbocycles. The molecule has 3 aliphatic rings. The van der Waals surface area contributed by atoms with Gasteiger partial charge in [-0.2, -0.15) is 0 Å². The summed E-state index contributed by atoms with van der Waals surface area (Å²) in [6.45, 7) is 22.2. The number of carbonyl (C=O) groups is 2. The lowest BCUT2D eigenvalue weighted by Gasteiger charge is -2.55. The van der Waals surface area contributed by atoms with Gasteiger partial charge in [0, 0.05) is 16.2 Å². The summed E-state index contributed by atoms with van der Waals surface area (Å²) in [5.41, 5.74) is 15.6. The van der Waals surface area contributed by atoms with Crippen LogP contribution in [0, 0.1) is 13.8 Å². The number of esters is 1. The highest BCUT2D eigenvalue weighted by Gasteiger charge is 2.51. The van der Waals surface area contributed by atoms with Gasteiger partial charge in [0.25, 0.3) is 5.78 Å². The van der Waals surface area contributed by atoms with Crippen LogP contribution in [-0.4, -0.2) is 18.4 Å². The average molecular weight is 534 g/mol. The van der Waals surface area contributed by atoms with Crippen molar-refractivity contribution in [2.24, 2.45) is 0 Å². The van der Waals surface area contributed by atoms with Crippen molar-refractivity contribution in [3.63, 3.8) is 0 Å². The van der Waals surface area contributed by atoms with Crippen LogP contribution in [0.1, 0.15) is 98.0 Å². The van der Waals surface area contributed by atoms with Crippen molar-refractivity contribution in [3.8, 4) is 0 Å². The van der Waals surface area contributed by atoms with Crippen molar-refractivity contribution in [1.82, 2.24) is 0 Å². The maximum Gasteiger partial charge on any atom is 0.378 e. The molecule has 0 unspecified atom stereocenters. The van der Waals surface area contributed by atoms with E-state index in [4.69, 9.17) is 4.74 Å².